The molecule has 3 nitrogen and oxygen atoms in total. The Morgan fingerprint density at radius 2 is 1.43 bits per heavy atom. The van der Waals surface area contributed by atoms with E-state index < -0.39 is 13.2 Å². The molecule has 2 aromatic rings. The molecular weight excluding hydrogens is 307 g/mol. The first-order chi connectivity index (χ1) is 11.1. The molecule has 0 aliphatic heterocycles. The highest BCUT2D eigenvalue weighted by Crippen LogP contribution is 2.51. The van der Waals surface area contributed by atoms with Crippen molar-refractivity contribution in [1.82, 2.24) is 0 Å². The maximum atomic E-state index is 14.2. The third-order valence-corrected chi connectivity index (χ3v) is 8.15. The van der Waals surface area contributed by atoms with Gasteiger partial charge in [-0.3, -0.25) is 0 Å². The molecule has 4 heteroatoms. The molecule has 0 aromatic heterocycles. The molecule has 124 valence electrons. The van der Waals surface area contributed by atoms with Gasteiger partial charge >= 0.3 is 0 Å². The van der Waals surface area contributed by atoms with Crippen LogP contribution in [-0.2, 0) is 9.30 Å². The van der Waals surface area contributed by atoms with Crippen LogP contribution in [0.4, 0.5) is 0 Å². The molecule has 0 fully saturated rings. The molecule has 0 radical (unpaired) electrons. The fourth-order valence-corrected chi connectivity index (χ4v) is 6.48. The zero-order valence-corrected chi connectivity index (χ0v) is 14.8. The minimum atomic E-state index is -2.99. The van der Waals surface area contributed by atoms with Crippen LogP contribution in [0.15, 0.2) is 60.7 Å². The van der Waals surface area contributed by atoms with Crippen LogP contribution < -0.4 is 10.6 Å². The molecule has 2 rings (SSSR count). The van der Waals surface area contributed by atoms with Gasteiger partial charge in [-0.15, -0.1) is 0 Å². The monoisotopic (exact) mass is 332 g/mol. The number of ether oxygens (including phenoxy) is 1. The highest BCUT2D eigenvalue weighted by Gasteiger charge is 2.41. The smallest absolute Gasteiger partial charge is 0.148 e. The topological polar surface area (TPSA) is 46.5 Å². The van der Waals surface area contributed by atoms with Crippen molar-refractivity contribution < 1.29 is 14.4 Å². The lowest BCUT2D eigenvalue weighted by Gasteiger charge is -2.33. The largest absolute Gasteiger partial charge is 0.390 e. The molecule has 2 aromatic carbocycles. The van der Waals surface area contributed by atoms with Crippen LogP contribution in [0.2, 0.25) is 0 Å². The lowest BCUT2D eigenvalue weighted by atomic mass is 10.1. The Hall–Kier alpha value is -1.41. The average molecular weight is 332 g/mol. The highest BCUT2D eigenvalue weighted by atomic mass is 31.2. The third-order valence-electron chi connectivity index (χ3n) is 4.41. The minimum Gasteiger partial charge on any atom is -0.390 e. The van der Waals surface area contributed by atoms with Crippen LogP contribution in [0.1, 0.15) is 20.3 Å². The zero-order chi connectivity index (χ0) is 16.9. The molecule has 0 heterocycles. The maximum Gasteiger partial charge on any atom is 0.148 e. The van der Waals surface area contributed by atoms with Crippen molar-refractivity contribution in [2.75, 3.05) is 7.11 Å². The Morgan fingerprint density at radius 3 is 1.78 bits per heavy atom. The lowest BCUT2D eigenvalue weighted by Crippen LogP contribution is -2.40. The molecule has 0 aliphatic rings. The van der Waals surface area contributed by atoms with Crippen molar-refractivity contribution in [3.63, 3.8) is 0 Å². The fourth-order valence-electron chi connectivity index (χ4n) is 3.00. The summed E-state index contributed by atoms with van der Waals surface area (Å²) in [5, 5.41) is 12.3. The van der Waals surface area contributed by atoms with Crippen LogP contribution in [0.3, 0.4) is 0 Å². The maximum absolute atomic E-state index is 14.2. The van der Waals surface area contributed by atoms with Gasteiger partial charge in [0.25, 0.3) is 0 Å². The fraction of sp³-hybridized carbons (Fsp3) is 0.368. The molecular formula is C19H25O3P. The van der Waals surface area contributed by atoms with Crippen molar-refractivity contribution in [2.24, 2.45) is 0 Å². The number of benzene rings is 2. The zero-order valence-electron chi connectivity index (χ0n) is 13.9. The van der Waals surface area contributed by atoms with Crippen molar-refractivity contribution >= 4 is 17.8 Å². The summed E-state index contributed by atoms with van der Waals surface area (Å²) >= 11 is 0. The van der Waals surface area contributed by atoms with E-state index in [1.807, 2.05) is 74.5 Å². The van der Waals surface area contributed by atoms with E-state index in [1.165, 1.54) is 0 Å². The predicted molar refractivity (Wildman–Crippen MR) is 96.3 cm³/mol. The summed E-state index contributed by atoms with van der Waals surface area (Å²) in [5.41, 5.74) is -0.387. The van der Waals surface area contributed by atoms with Crippen LogP contribution in [-0.4, -0.2) is 30.1 Å². The number of aliphatic hydroxyl groups is 1. The molecule has 3 unspecified atom stereocenters. The lowest BCUT2D eigenvalue weighted by molar-refractivity contribution is -0.00251. The highest BCUT2D eigenvalue weighted by molar-refractivity contribution is 7.79. The first-order valence-corrected chi connectivity index (χ1v) is 9.75. The third kappa shape index (κ3) is 3.58. The van der Waals surface area contributed by atoms with Crippen LogP contribution >= 0.6 is 7.14 Å². The first kappa shape index (κ1) is 17.9. The van der Waals surface area contributed by atoms with Gasteiger partial charge in [0.15, 0.2) is 0 Å². The quantitative estimate of drug-likeness (QED) is 0.792. The second-order valence-electron chi connectivity index (χ2n) is 5.74. The van der Waals surface area contributed by atoms with Gasteiger partial charge < -0.3 is 14.4 Å². The summed E-state index contributed by atoms with van der Waals surface area (Å²) in [6.45, 7) is 3.78. The summed E-state index contributed by atoms with van der Waals surface area (Å²) in [4.78, 5) is 0. The van der Waals surface area contributed by atoms with E-state index in [0.29, 0.717) is 6.42 Å². The normalized spacial score (nSPS) is 15.8. The summed E-state index contributed by atoms with van der Waals surface area (Å²) in [6.07, 6.45) is -0.562. The van der Waals surface area contributed by atoms with Crippen molar-refractivity contribution in [3.05, 3.63) is 60.7 Å². The number of rotatable bonds is 7. The van der Waals surface area contributed by atoms with E-state index in [1.54, 1.807) is 7.11 Å². The van der Waals surface area contributed by atoms with E-state index in [4.69, 9.17) is 4.74 Å². The Morgan fingerprint density at radius 1 is 1.00 bits per heavy atom. The Labute approximate surface area is 138 Å². The molecule has 0 amide bonds. The van der Waals surface area contributed by atoms with Gasteiger partial charge in [0.05, 0.1) is 12.2 Å². The van der Waals surface area contributed by atoms with E-state index in [2.05, 4.69) is 0 Å². The second kappa shape index (κ2) is 7.92. The standard InChI is InChI=1S/C19H25O3P/c1-4-18(19(20)15(2)22-3)23(21,16-11-7-5-8-12-16)17-13-9-6-10-14-17/h5-15,18-20H,4H2,1-3H3. The Kier molecular flexibility index (Phi) is 6.17. The van der Waals surface area contributed by atoms with E-state index >= 15 is 0 Å². The van der Waals surface area contributed by atoms with Gasteiger partial charge in [-0.25, -0.2) is 0 Å². The summed E-state index contributed by atoms with van der Waals surface area (Å²) in [5.74, 6) is 0. The molecule has 0 saturated heterocycles. The molecule has 0 spiro atoms. The Bertz CT molecular complexity index is 599. The summed E-state index contributed by atoms with van der Waals surface area (Å²) < 4.78 is 19.5. The number of hydrogen-bond donors (Lipinski definition) is 1. The average Bonchev–Trinajstić information content (AvgIpc) is 2.62. The molecule has 0 bridgehead atoms. The van der Waals surface area contributed by atoms with Gasteiger partial charge in [0, 0.05) is 23.4 Å². The molecule has 23 heavy (non-hydrogen) atoms. The SMILES string of the molecule is CCC(C(O)C(C)OC)P(=O)(c1ccccc1)c1ccccc1. The van der Waals surface area contributed by atoms with E-state index in [9.17, 15) is 9.67 Å². The van der Waals surface area contributed by atoms with Gasteiger partial charge in [-0.05, 0) is 13.3 Å². The molecule has 0 saturated carbocycles. The molecule has 0 aliphatic carbocycles. The van der Waals surface area contributed by atoms with Crippen LogP contribution in [0.5, 0.6) is 0 Å². The van der Waals surface area contributed by atoms with Crippen molar-refractivity contribution in [2.45, 2.75) is 38.1 Å². The van der Waals surface area contributed by atoms with Gasteiger partial charge in [0.2, 0.25) is 0 Å². The summed E-state index contributed by atoms with van der Waals surface area (Å²) in [6, 6.07) is 18.9. The van der Waals surface area contributed by atoms with Gasteiger partial charge in [-0.2, -0.15) is 0 Å². The van der Waals surface area contributed by atoms with Crippen molar-refractivity contribution in [3.8, 4) is 0 Å². The summed E-state index contributed by atoms with van der Waals surface area (Å²) in [7, 11) is -1.42. The van der Waals surface area contributed by atoms with Gasteiger partial charge in [0.1, 0.15) is 7.14 Å². The molecule has 1 N–H and O–H groups in total. The second-order valence-corrected chi connectivity index (χ2v) is 8.75. The van der Waals surface area contributed by atoms with Crippen molar-refractivity contribution in [1.29, 1.82) is 0 Å². The first-order valence-electron chi connectivity index (χ1n) is 7.97. The van der Waals surface area contributed by atoms with Gasteiger partial charge in [-0.1, -0.05) is 67.6 Å². The van der Waals surface area contributed by atoms with E-state index in [0.717, 1.165) is 10.6 Å². The number of aliphatic hydroxyl groups excluding tert-OH is 1. The number of methoxy groups -OCH3 is 1. The minimum absolute atomic E-state index is 0.374. The molecule has 3 atom stereocenters. The van der Waals surface area contributed by atoms with Crippen LogP contribution in [0, 0.1) is 0 Å². The number of hydrogen-bond acceptors (Lipinski definition) is 3. The van der Waals surface area contributed by atoms with Crippen LogP contribution in [0.25, 0.3) is 0 Å². The Balaban J connectivity index is 2.60. The van der Waals surface area contributed by atoms with E-state index in [-0.39, 0.29) is 11.8 Å². The predicted octanol–water partition coefficient (Wildman–Crippen LogP) is 3.17.